The average molecular weight is 130 g/mol. The van der Waals surface area contributed by atoms with E-state index in [1.807, 2.05) is 11.8 Å². The van der Waals surface area contributed by atoms with Gasteiger partial charge in [0.05, 0.1) is 0 Å². The first-order chi connectivity index (χ1) is 3.79. The second-order valence-electron chi connectivity index (χ2n) is 2.35. The molecular formula is C6H12NS. The molecule has 0 aromatic carbocycles. The fraction of sp³-hybridized carbons (Fsp3) is 1.00. The van der Waals surface area contributed by atoms with Gasteiger partial charge in [-0.1, -0.05) is 13.8 Å². The van der Waals surface area contributed by atoms with Crippen LogP contribution in [-0.4, -0.2) is 23.6 Å². The van der Waals surface area contributed by atoms with Gasteiger partial charge in [0.2, 0.25) is 0 Å². The fourth-order valence-electron chi connectivity index (χ4n) is 0.921. The highest BCUT2D eigenvalue weighted by atomic mass is 32.2. The summed E-state index contributed by atoms with van der Waals surface area (Å²) in [6.07, 6.45) is 0. The Balaban J connectivity index is 2.23. The van der Waals surface area contributed by atoms with E-state index in [9.17, 15) is 0 Å². The van der Waals surface area contributed by atoms with E-state index in [4.69, 9.17) is 0 Å². The van der Waals surface area contributed by atoms with Crippen molar-refractivity contribution in [1.29, 1.82) is 0 Å². The van der Waals surface area contributed by atoms with Crippen LogP contribution in [0.1, 0.15) is 13.8 Å². The van der Waals surface area contributed by atoms with Crippen molar-refractivity contribution < 1.29 is 0 Å². The minimum atomic E-state index is 0.763. The van der Waals surface area contributed by atoms with E-state index >= 15 is 0 Å². The SMILES string of the molecule is CC1C[N]CC(C)S1. The molecule has 1 fully saturated rings. The Morgan fingerprint density at radius 3 is 2.00 bits per heavy atom. The first-order valence-corrected chi connectivity index (χ1v) is 4.02. The number of nitrogens with zero attached hydrogens (tertiary/aromatic N) is 1. The Morgan fingerprint density at radius 2 is 1.75 bits per heavy atom. The van der Waals surface area contributed by atoms with Gasteiger partial charge in [0.1, 0.15) is 0 Å². The van der Waals surface area contributed by atoms with Gasteiger partial charge in [-0.3, -0.25) is 0 Å². The van der Waals surface area contributed by atoms with Gasteiger partial charge in [-0.2, -0.15) is 11.8 Å². The monoisotopic (exact) mass is 130 g/mol. The van der Waals surface area contributed by atoms with Gasteiger partial charge >= 0.3 is 0 Å². The Hall–Kier alpha value is 0.310. The largest absolute Gasteiger partial charge is 0.240 e. The molecule has 1 aliphatic heterocycles. The number of hydrogen-bond donors (Lipinski definition) is 0. The molecule has 1 rings (SSSR count). The summed E-state index contributed by atoms with van der Waals surface area (Å²) in [5, 5.41) is 5.84. The molecule has 1 nitrogen and oxygen atoms in total. The van der Waals surface area contributed by atoms with E-state index in [0.717, 1.165) is 23.6 Å². The van der Waals surface area contributed by atoms with Crippen LogP contribution in [0.15, 0.2) is 0 Å². The first kappa shape index (κ1) is 6.43. The number of hydrogen-bond acceptors (Lipinski definition) is 1. The average Bonchev–Trinajstić information content (AvgIpc) is 1.64. The lowest BCUT2D eigenvalue weighted by molar-refractivity contribution is 0.635. The zero-order valence-corrected chi connectivity index (χ0v) is 6.24. The maximum absolute atomic E-state index is 4.32. The Kier molecular flexibility index (Phi) is 2.20. The Morgan fingerprint density at radius 1 is 1.25 bits per heavy atom. The molecule has 2 unspecified atom stereocenters. The summed E-state index contributed by atoms with van der Waals surface area (Å²) in [7, 11) is 0. The van der Waals surface area contributed by atoms with Crippen molar-refractivity contribution in [3.63, 3.8) is 0 Å². The highest BCUT2D eigenvalue weighted by molar-refractivity contribution is 8.00. The van der Waals surface area contributed by atoms with Crippen molar-refractivity contribution in [1.82, 2.24) is 5.32 Å². The van der Waals surface area contributed by atoms with Gasteiger partial charge < -0.3 is 0 Å². The summed E-state index contributed by atoms with van der Waals surface area (Å²) >= 11 is 2.05. The minimum Gasteiger partial charge on any atom is -0.240 e. The van der Waals surface area contributed by atoms with E-state index < -0.39 is 0 Å². The van der Waals surface area contributed by atoms with Crippen LogP contribution in [0, 0.1) is 0 Å². The molecule has 0 aliphatic carbocycles. The quantitative estimate of drug-likeness (QED) is 0.479. The second kappa shape index (κ2) is 2.74. The molecule has 0 aromatic heterocycles. The van der Waals surface area contributed by atoms with Gasteiger partial charge in [0.25, 0.3) is 0 Å². The lowest BCUT2D eigenvalue weighted by Crippen LogP contribution is -2.30. The lowest BCUT2D eigenvalue weighted by atomic mass is 10.4. The highest BCUT2D eigenvalue weighted by Gasteiger charge is 2.14. The normalized spacial score (nSPS) is 39.8. The molecule has 8 heavy (non-hydrogen) atoms. The Bertz CT molecular complexity index is 66.9. The summed E-state index contributed by atoms with van der Waals surface area (Å²) in [4.78, 5) is 0. The smallest absolute Gasteiger partial charge is 0.0250 e. The number of rotatable bonds is 0. The predicted octanol–water partition coefficient (Wildman–Crippen LogP) is 1.11. The molecule has 2 heteroatoms. The molecule has 0 spiro atoms. The van der Waals surface area contributed by atoms with E-state index in [1.165, 1.54) is 0 Å². The van der Waals surface area contributed by atoms with Crippen LogP contribution in [-0.2, 0) is 0 Å². The molecule has 47 valence electrons. The molecule has 1 saturated heterocycles. The van der Waals surface area contributed by atoms with Crippen molar-refractivity contribution in [3.05, 3.63) is 0 Å². The molecule has 0 N–H and O–H groups in total. The van der Waals surface area contributed by atoms with Crippen LogP contribution in [0.4, 0.5) is 0 Å². The Labute approximate surface area is 55.2 Å². The fourth-order valence-corrected chi connectivity index (χ4v) is 2.10. The third-order valence-electron chi connectivity index (χ3n) is 1.24. The molecule has 1 radical (unpaired) electrons. The summed E-state index contributed by atoms with van der Waals surface area (Å²) < 4.78 is 0. The first-order valence-electron chi connectivity index (χ1n) is 3.08. The molecule has 0 aromatic rings. The van der Waals surface area contributed by atoms with Crippen molar-refractivity contribution in [2.24, 2.45) is 0 Å². The van der Waals surface area contributed by atoms with Crippen LogP contribution >= 0.6 is 11.8 Å². The standard InChI is InChI=1S/C6H12NS/c1-5-3-7-4-6(2)8-5/h5-6H,3-4H2,1-2H3. The van der Waals surface area contributed by atoms with Gasteiger partial charge in [0, 0.05) is 23.6 Å². The maximum atomic E-state index is 4.32. The molecular weight excluding hydrogens is 118 g/mol. The summed E-state index contributed by atoms with van der Waals surface area (Å²) in [6.45, 7) is 6.61. The second-order valence-corrected chi connectivity index (χ2v) is 4.23. The van der Waals surface area contributed by atoms with Crippen molar-refractivity contribution >= 4 is 11.8 Å². The molecule has 0 bridgehead atoms. The van der Waals surface area contributed by atoms with Crippen molar-refractivity contribution in [3.8, 4) is 0 Å². The van der Waals surface area contributed by atoms with Crippen LogP contribution in [0.25, 0.3) is 0 Å². The van der Waals surface area contributed by atoms with Gasteiger partial charge in [-0.05, 0) is 0 Å². The summed E-state index contributed by atoms with van der Waals surface area (Å²) in [5.41, 5.74) is 0. The maximum Gasteiger partial charge on any atom is 0.0250 e. The van der Waals surface area contributed by atoms with Gasteiger partial charge in [0.15, 0.2) is 0 Å². The van der Waals surface area contributed by atoms with Crippen LogP contribution < -0.4 is 5.32 Å². The zero-order chi connectivity index (χ0) is 5.98. The third kappa shape index (κ3) is 1.67. The van der Waals surface area contributed by atoms with Gasteiger partial charge in [-0.25, -0.2) is 5.32 Å². The topological polar surface area (TPSA) is 14.1 Å². The van der Waals surface area contributed by atoms with Crippen LogP contribution in [0.5, 0.6) is 0 Å². The highest BCUT2D eigenvalue weighted by Crippen LogP contribution is 2.19. The van der Waals surface area contributed by atoms with E-state index in [1.54, 1.807) is 0 Å². The molecule has 0 amide bonds. The van der Waals surface area contributed by atoms with E-state index in [-0.39, 0.29) is 0 Å². The van der Waals surface area contributed by atoms with Crippen molar-refractivity contribution in [2.45, 2.75) is 24.3 Å². The van der Waals surface area contributed by atoms with Crippen molar-refractivity contribution in [2.75, 3.05) is 13.1 Å². The van der Waals surface area contributed by atoms with E-state index in [2.05, 4.69) is 19.2 Å². The van der Waals surface area contributed by atoms with Crippen LogP contribution in [0.2, 0.25) is 0 Å². The number of thioether (sulfide) groups is 1. The van der Waals surface area contributed by atoms with Gasteiger partial charge in [-0.15, -0.1) is 0 Å². The molecule has 2 atom stereocenters. The summed E-state index contributed by atoms with van der Waals surface area (Å²) in [6, 6.07) is 0. The predicted molar refractivity (Wildman–Crippen MR) is 38.4 cm³/mol. The third-order valence-corrected chi connectivity index (χ3v) is 2.46. The van der Waals surface area contributed by atoms with Crippen LogP contribution in [0.3, 0.4) is 0 Å². The molecule has 1 aliphatic rings. The molecule has 1 heterocycles. The van der Waals surface area contributed by atoms with E-state index in [0.29, 0.717) is 0 Å². The minimum absolute atomic E-state index is 0.763. The summed E-state index contributed by atoms with van der Waals surface area (Å²) in [5.74, 6) is 0. The lowest BCUT2D eigenvalue weighted by Gasteiger charge is -2.22. The zero-order valence-electron chi connectivity index (χ0n) is 5.42. The molecule has 0 saturated carbocycles.